The van der Waals surface area contributed by atoms with Crippen LogP contribution in [0.15, 0.2) is 0 Å². The molecule has 0 radical (unpaired) electrons. The highest BCUT2D eigenvalue weighted by molar-refractivity contribution is 7.91. The molecule has 0 aromatic rings. The zero-order valence-electron chi connectivity index (χ0n) is 7.42. The Balaban J connectivity index is 2.12. The fourth-order valence-electron chi connectivity index (χ4n) is 2.23. The minimum Gasteiger partial charge on any atom is -0.308 e. The highest BCUT2D eigenvalue weighted by atomic mass is 32.2. The third-order valence-electron chi connectivity index (χ3n) is 3.19. The number of halogens is 1. The average molecular weight is 207 g/mol. The van der Waals surface area contributed by atoms with E-state index >= 15 is 0 Å². The summed E-state index contributed by atoms with van der Waals surface area (Å²) in [6.07, 6.45) is 0.551. The molecule has 13 heavy (non-hydrogen) atoms. The Kier molecular flexibility index (Phi) is 2.11. The highest BCUT2D eigenvalue weighted by Gasteiger charge is 2.46. The Morgan fingerprint density at radius 2 is 1.92 bits per heavy atom. The molecule has 2 rings (SSSR count). The lowest BCUT2D eigenvalue weighted by Crippen LogP contribution is -2.51. The number of sulfone groups is 1. The van der Waals surface area contributed by atoms with Crippen LogP contribution in [0.4, 0.5) is 4.39 Å². The van der Waals surface area contributed by atoms with Crippen LogP contribution < -0.4 is 5.32 Å². The van der Waals surface area contributed by atoms with Gasteiger partial charge in [0.15, 0.2) is 0 Å². The van der Waals surface area contributed by atoms with Crippen LogP contribution in [0.2, 0.25) is 0 Å². The SMILES string of the molecule is O=S1(=O)CCC2(CC1)NCCC2F. The molecular formula is C8H14FNO2S. The maximum Gasteiger partial charge on any atom is 0.150 e. The van der Waals surface area contributed by atoms with E-state index < -0.39 is 21.5 Å². The molecule has 3 nitrogen and oxygen atoms in total. The molecule has 0 saturated carbocycles. The zero-order chi connectivity index (χ0) is 9.53. The van der Waals surface area contributed by atoms with Crippen LogP contribution >= 0.6 is 0 Å². The number of hydrogen-bond donors (Lipinski definition) is 1. The van der Waals surface area contributed by atoms with Crippen molar-refractivity contribution >= 4 is 9.84 Å². The standard InChI is InChI=1S/C8H14FNO2S/c9-7-1-4-10-8(7)2-5-13(11,12)6-3-8/h7,10H,1-6H2. The van der Waals surface area contributed by atoms with Crippen molar-refractivity contribution in [1.82, 2.24) is 5.32 Å². The first-order valence-corrected chi connectivity index (χ1v) is 6.46. The van der Waals surface area contributed by atoms with Gasteiger partial charge in [-0.15, -0.1) is 0 Å². The van der Waals surface area contributed by atoms with Gasteiger partial charge in [0.2, 0.25) is 0 Å². The first-order chi connectivity index (χ1) is 6.04. The van der Waals surface area contributed by atoms with Gasteiger partial charge in [0, 0.05) is 0 Å². The van der Waals surface area contributed by atoms with Gasteiger partial charge in [0.1, 0.15) is 16.0 Å². The van der Waals surface area contributed by atoms with Crippen molar-refractivity contribution in [1.29, 1.82) is 0 Å². The minimum atomic E-state index is -2.88. The second kappa shape index (κ2) is 2.92. The van der Waals surface area contributed by atoms with E-state index in [1.807, 2.05) is 0 Å². The largest absolute Gasteiger partial charge is 0.308 e. The van der Waals surface area contributed by atoms with Crippen molar-refractivity contribution in [3.8, 4) is 0 Å². The highest BCUT2D eigenvalue weighted by Crippen LogP contribution is 2.33. The summed E-state index contributed by atoms with van der Waals surface area (Å²) in [4.78, 5) is 0. The minimum absolute atomic E-state index is 0.139. The smallest absolute Gasteiger partial charge is 0.150 e. The molecule has 0 aliphatic carbocycles. The quantitative estimate of drug-likeness (QED) is 0.620. The molecular weight excluding hydrogens is 193 g/mol. The van der Waals surface area contributed by atoms with Gasteiger partial charge in [-0.3, -0.25) is 0 Å². The topological polar surface area (TPSA) is 46.2 Å². The lowest BCUT2D eigenvalue weighted by molar-refractivity contribution is 0.185. The lowest BCUT2D eigenvalue weighted by atomic mass is 9.89. The molecule has 1 atom stereocenters. The zero-order valence-corrected chi connectivity index (χ0v) is 8.24. The summed E-state index contributed by atoms with van der Waals surface area (Å²) in [5, 5.41) is 3.12. The van der Waals surface area contributed by atoms with Crippen LogP contribution in [0.25, 0.3) is 0 Å². The summed E-state index contributed by atoms with van der Waals surface area (Å²) in [6.45, 7) is 0.682. The number of nitrogens with one attached hydrogen (secondary N) is 1. The fourth-order valence-corrected chi connectivity index (χ4v) is 3.78. The Bertz CT molecular complexity index is 287. The molecule has 2 saturated heterocycles. The van der Waals surface area contributed by atoms with Crippen LogP contribution in [0.3, 0.4) is 0 Å². The third-order valence-corrected chi connectivity index (χ3v) is 4.85. The van der Waals surface area contributed by atoms with E-state index in [0.717, 1.165) is 0 Å². The predicted molar refractivity (Wildman–Crippen MR) is 48.1 cm³/mol. The molecule has 76 valence electrons. The van der Waals surface area contributed by atoms with Gasteiger partial charge in [-0.05, 0) is 25.8 Å². The van der Waals surface area contributed by atoms with Gasteiger partial charge in [-0.1, -0.05) is 0 Å². The Morgan fingerprint density at radius 3 is 2.38 bits per heavy atom. The first kappa shape index (κ1) is 9.40. The predicted octanol–water partition coefficient (Wildman–Crippen LogP) is 0.265. The molecule has 2 heterocycles. The van der Waals surface area contributed by atoms with Crippen LogP contribution in [-0.2, 0) is 9.84 Å². The van der Waals surface area contributed by atoms with E-state index in [2.05, 4.69) is 5.32 Å². The van der Waals surface area contributed by atoms with E-state index in [4.69, 9.17) is 0 Å². The van der Waals surface area contributed by atoms with Crippen molar-refractivity contribution in [3.63, 3.8) is 0 Å². The lowest BCUT2D eigenvalue weighted by Gasteiger charge is -2.35. The molecule has 5 heteroatoms. The molecule has 0 aromatic heterocycles. The molecule has 1 unspecified atom stereocenters. The molecule has 0 bridgehead atoms. The monoisotopic (exact) mass is 207 g/mol. The molecule has 1 N–H and O–H groups in total. The van der Waals surface area contributed by atoms with Crippen molar-refractivity contribution in [2.75, 3.05) is 18.1 Å². The normalized spacial score (nSPS) is 36.5. The number of alkyl halides is 1. The van der Waals surface area contributed by atoms with E-state index in [0.29, 0.717) is 25.8 Å². The second-order valence-electron chi connectivity index (χ2n) is 3.99. The van der Waals surface area contributed by atoms with Crippen LogP contribution in [-0.4, -0.2) is 38.2 Å². The van der Waals surface area contributed by atoms with Gasteiger partial charge in [0.25, 0.3) is 0 Å². The van der Waals surface area contributed by atoms with E-state index in [1.54, 1.807) is 0 Å². The summed E-state index contributed by atoms with van der Waals surface area (Å²) in [6, 6.07) is 0. The van der Waals surface area contributed by atoms with Crippen LogP contribution in [0.1, 0.15) is 19.3 Å². The summed E-state index contributed by atoms with van der Waals surface area (Å²) in [7, 11) is -2.88. The van der Waals surface area contributed by atoms with Crippen LogP contribution in [0, 0.1) is 0 Å². The van der Waals surface area contributed by atoms with Crippen molar-refractivity contribution in [2.45, 2.75) is 31.0 Å². The summed E-state index contributed by atoms with van der Waals surface area (Å²) in [5.41, 5.74) is -0.509. The van der Waals surface area contributed by atoms with Gasteiger partial charge in [0.05, 0.1) is 17.0 Å². The Labute approximate surface area is 77.6 Å². The maximum absolute atomic E-state index is 13.5. The average Bonchev–Trinajstić information content (AvgIpc) is 2.41. The molecule has 0 amide bonds. The molecule has 1 spiro atoms. The van der Waals surface area contributed by atoms with Gasteiger partial charge < -0.3 is 5.32 Å². The molecule has 2 fully saturated rings. The van der Waals surface area contributed by atoms with Gasteiger partial charge >= 0.3 is 0 Å². The number of rotatable bonds is 0. The molecule has 2 aliphatic rings. The fraction of sp³-hybridized carbons (Fsp3) is 1.00. The van der Waals surface area contributed by atoms with E-state index in [9.17, 15) is 12.8 Å². The van der Waals surface area contributed by atoms with E-state index in [-0.39, 0.29) is 11.5 Å². The third kappa shape index (κ3) is 1.59. The van der Waals surface area contributed by atoms with Crippen molar-refractivity contribution < 1.29 is 12.8 Å². The van der Waals surface area contributed by atoms with Crippen molar-refractivity contribution in [2.24, 2.45) is 0 Å². The summed E-state index contributed by atoms with van der Waals surface area (Å²) < 4.78 is 35.8. The first-order valence-electron chi connectivity index (χ1n) is 4.64. The number of hydrogen-bond acceptors (Lipinski definition) is 3. The maximum atomic E-state index is 13.5. The van der Waals surface area contributed by atoms with Crippen molar-refractivity contribution in [3.05, 3.63) is 0 Å². The Morgan fingerprint density at radius 1 is 1.31 bits per heavy atom. The molecule has 2 aliphatic heterocycles. The van der Waals surface area contributed by atoms with E-state index in [1.165, 1.54) is 0 Å². The summed E-state index contributed by atoms with van der Waals surface area (Å²) in [5.74, 6) is 0.279. The Hall–Kier alpha value is -0.160. The van der Waals surface area contributed by atoms with Gasteiger partial charge in [-0.25, -0.2) is 12.8 Å². The summed E-state index contributed by atoms with van der Waals surface area (Å²) >= 11 is 0. The second-order valence-corrected chi connectivity index (χ2v) is 6.29. The molecule has 0 aromatic carbocycles. The van der Waals surface area contributed by atoms with Gasteiger partial charge in [-0.2, -0.15) is 0 Å². The van der Waals surface area contributed by atoms with Crippen LogP contribution in [0.5, 0.6) is 0 Å².